The normalized spacial score (nSPS) is 9.83. The van der Waals surface area contributed by atoms with Crippen molar-refractivity contribution in [3.63, 3.8) is 0 Å². The Labute approximate surface area is 53.2 Å². The third-order valence-electron chi connectivity index (χ3n) is 0. The van der Waals surface area contributed by atoms with Gasteiger partial charge in [-0.25, -0.2) is 0 Å². The molecule has 0 heterocycles. The van der Waals surface area contributed by atoms with Crippen LogP contribution in [0.4, 0.5) is 0 Å². The molecule has 0 unspecified atom stereocenters. The molecule has 0 aromatic carbocycles. The molecule has 0 spiro atoms. The van der Waals surface area contributed by atoms with Gasteiger partial charge < -0.3 is 19.2 Å². The van der Waals surface area contributed by atoms with Crippen molar-refractivity contribution in [3.8, 4) is 0 Å². The van der Waals surface area contributed by atoms with E-state index in [4.69, 9.17) is 19.2 Å². The predicted octanol–water partition coefficient (Wildman–Crippen LogP) is -2.20. The van der Waals surface area contributed by atoms with Gasteiger partial charge in [-0.15, -0.1) is 0 Å². The molecule has 0 atom stereocenters. The van der Waals surface area contributed by atoms with E-state index in [1.807, 2.05) is 0 Å². The van der Waals surface area contributed by atoms with Crippen LogP contribution in [0.5, 0.6) is 0 Å². The molecular weight excluding hydrogens is 273 g/mol. The van der Waals surface area contributed by atoms with Gasteiger partial charge in [0.15, 0.2) is 0 Å². The maximum atomic E-state index is 8.66. The van der Waals surface area contributed by atoms with Crippen molar-refractivity contribution in [1.82, 2.24) is 0 Å². The zero-order chi connectivity index (χ0) is 4.50. The summed E-state index contributed by atoms with van der Waals surface area (Å²) in [7, 11) is -5.14. The summed E-state index contributed by atoms with van der Waals surface area (Å²) >= 11 is 0. The molecule has 0 radical (unpaired) electrons. The molecule has 0 aliphatic carbocycles. The fourth-order valence-electron chi connectivity index (χ4n) is 0. The van der Waals surface area contributed by atoms with Crippen molar-refractivity contribution in [2.45, 2.75) is 0 Å². The van der Waals surface area contributed by atoms with E-state index in [1.54, 1.807) is 0 Å². The molecule has 0 fully saturated rings. The Morgan fingerprint density at radius 2 is 1.50 bits per heavy atom. The minimum atomic E-state index is -5.14. The molecule has 0 saturated carbocycles. The maximum absolute atomic E-state index is 8.66. The molecule has 0 saturated heterocycles. The number of hydrogen-bond acceptors (Lipinski definition) is 3. The van der Waals surface area contributed by atoms with Gasteiger partial charge in [0.25, 0.3) is 0 Å². The Morgan fingerprint density at radius 3 is 1.50 bits per heavy atom. The summed E-state index contributed by atoms with van der Waals surface area (Å²) in [6.45, 7) is 0. The van der Waals surface area contributed by atoms with Crippen molar-refractivity contribution in [2.75, 3.05) is 0 Å². The zero-order valence-electron chi connectivity index (χ0n) is 2.62. The van der Waals surface area contributed by atoms with Crippen molar-refractivity contribution in [1.29, 1.82) is 0 Å². The molecule has 6 heteroatoms. The van der Waals surface area contributed by atoms with Gasteiger partial charge in [0, 0.05) is 25.8 Å². The van der Waals surface area contributed by atoms with Crippen LogP contribution in [0.3, 0.4) is 0 Å². The Hall–Kier alpha value is 0.980. The first-order chi connectivity index (χ1) is 2.00. The average molecular weight is 274 g/mol. The van der Waals surface area contributed by atoms with Gasteiger partial charge >= 0.3 is 0 Å². The third-order valence-corrected chi connectivity index (χ3v) is 0. The molecule has 0 aliphatic heterocycles. The molecule has 0 aliphatic rings. The molecule has 0 aromatic rings. The fourth-order valence-corrected chi connectivity index (χ4v) is 0. The molecular formula is HHfO4P-2. The van der Waals surface area contributed by atoms with E-state index in [1.165, 1.54) is 0 Å². The molecule has 1 N–H and O–H groups in total. The topological polar surface area (TPSA) is 83.4 Å². The first kappa shape index (κ1) is 10.1. The van der Waals surface area contributed by atoms with E-state index >= 15 is 0 Å². The number of hydrogen-bond donors (Lipinski definition) is 1. The van der Waals surface area contributed by atoms with Gasteiger partial charge in [-0.3, -0.25) is 0 Å². The minimum Gasteiger partial charge on any atom is -0.790 e. The monoisotopic (exact) mass is 276 g/mol. The summed E-state index contributed by atoms with van der Waals surface area (Å²) in [6.07, 6.45) is 0. The smallest absolute Gasteiger partial charge is 0.0557 e. The molecule has 4 nitrogen and oxygen atoms in total. The zero-order valence-corrected chi connectivity index (χ0v) is 7.11. The molecule has 6 heavy (non-hydrogen) atoms. The van der Waals surface area contributed by atoms with Crippen LogP contribution in [-0.4, -0.2) is 4.89 Å². The first-order valence-electron chi connectivity index (χ1n) is 0.748. The Kier molecular flexibility index (Phi) is 5.11. The van der Waals surface area contributed by atoms with Gasteiger partial charge in [-0.2, -0.15) is 0 Å². The van der Waals surface area contributed by atoms with Gasteiger partial charge in [-0.1, -0.05) is 0 Å². The van der Waals surface area contributed by atoms with Crippen molar-refractivity contribution in [3.05, 3.63) is 0 Å². The van der Waals surface area contributed by atoms with Gasteiger partial charge in [0.1, 0.15) is 0 Å². The summed E-state index contributed by atoms with van der Waals surface area (Å²) in [5.74, 6) is 0. The molecule has 0 bridgehead atoms. The second-order valence-corrected chi connectivity index (χ2v) is 1.41. The van der Waals surface area contributed by atoms with Gasteiger partial charge in [0.05, 0.1) is 7.82 Å². The summed E-state index contributed by atoms with van der Waals surface area (Å²) < 4.78 is 8.66. The van der Waals surface area contributed by atoms with E-state index in [0.717, 1.165) is 0 Å². The van der Waals surface area contributed by atoms with Gasteiger partial charge in [0.2, 0.25) is 0 Å². The number of phosphoric acid groups is 1. The minimum absolute atomic E-state index is 0. The fraction of sp³-hybridized carbons (Fsp3) is 0. The molecule has 0 aromatic heterocycles. The third kappa shape index (κ3) is 82.1. The largest absolute Gasteiger partial charge is 0.790 e. The van der Waals surface area contributed by atoms with E-state index in [0.29, 0.717) is 0 Å². The van der Waals surface area contributed by atoms with Crippen LogP contribution in [0.15, 0.2) is 0 Å². The molecule has 36 valence electrons. The van der Waals surface area contributed by atoms with Crippen LogP contribution in [-0.2, 0) is 30.4 Å². The Bertz CT molecular complexity index is 53.7. The van der Waals surface area contributed by atoms with Gasteiger partial charge in [-0.05, 0) is 0 Å². The summed E-state index contributed by atoms with van der Waals surface area (Å²) in [5, 5.41) is 0. The summed E-state index contributed by atoms with van der Waals surface area (Å²) in [5.41, 5.74) is 0. The first-order valence-corrected chi connectivity index (χ1v) is 2.24. The Morgan fingerprint density at radius 1 is 1.50 bits per heavy atom. The van der Waals surface area contributed by atoms with E-state index in [2.05, 4.69) is 0 Å². The standard InChI is InChI=1S/Hf.H3O4P/c;1-5(2,3)4/h;(H3,1,2,3,4)/p-2. The van der Waals surface area contributed by atoms with E-state index in [-0.39, 0.29) is 25.8 Å². The predicted molar refractivity (Wildman–Crippen MR) is 9.83 cm³/mol. The second-order valence-electron chi connectivity index (χ2n) is 0.469. The van der Waals surface area contributed by atoms with Crippen LogP contribution in [0.25, 0.3) is 0 Å². The summed E-state index contributed by atoms with van der Waals surface area (Å²) in [6, 6.07) is 0. The van der Waals surface area contributed by atoms with Crippen LogP contribution in [0.2, 0.25) is 0 Å². The van der Waals surface area contributed by atoms with Crippen LogP contribution in [0.1, 0.15) is 0 Å². The SMILES string of the molecule is O=P([O-])([O-])O.[Hf]. The van der Waals surface area contributed by atoms with E-state index in [9.17, 15) is 0 Å². The van der Waals surface area contributed by atoms with Crippen LogP contribution in [0, 0.1) is 0 Å². The maximum Gasteiger partial charge on any atom is 0.0557 e. The quantitative estimate of drug-likeness (QED) is 0.402. The van der Waals surface area contributed by atoms with Crippen molar-refractivity contribution in [2.24, 2.45) is 0 Å². The molecule has 0 rings (SSSR count). The second kappa shape index (κ2) is 3.04. The Balaban J connectivity index is 0. The van der Waals surface area contributed by atoms with Crippen LogP contribution >= 0.6 is 7.82 Å². The average Bonchev–Trinajstić information content (AvgIpc) is 0.722. The molecule has 0 amide bonds. The number of rotatable bonds is 0. The van der Waals surface area contributed by atoms with Crippen molar-refractivity contribution < 1.29 is 45.1 Å². The van der Waals surface area contributed by atoms with Crippen LogP contribution < -0.4 is 9.79 Å². The van der Waals surface area contributed by atoms with Crippen molar-refractivity contribution >= 4 is 7.82 Å². The summed E-state index contributed by atoms with van der Waals surface area (Å²) in [4.78, 5) is 24.3. The van der Waals surface area contributed by atoms with E-state index < -0.39 is 7.82 Å².